The number of aryl methyl sites for hydroxylation is 3. The molecular weight excluding hydrogens is 302 g/mol. The Morgan fingerprint density at radius 1 is 0.840 bits per heavy atom. The van der Waals surface area contributed by atoms with E-state index in [0.717, 1.165) is 13.0 Å². The van der Waals surface area contributed by atoms with Crippen molar-refractivity contribution in [2.75, 3.05) is 0 Å². The summed E-state index contributed by atoms with van der Waals surface area (Å²) in [7, 11) is 0. The molecule has 0 N–H and O–H groups in total. The zero-order valence-electron chi connectivity index (χ0n) is 14.8. The first-order valence-corrected chi connectivity index (χ1v) is 9.17. The quantitative estimate of drug-likeness (QED) is 0.296. The fourth-order valence-corrected chi connectivity index (χ4v) is 4.53. The summed E-state index contributed by atoms with van der Waals surface area (Å²) in [5, 5.41) is 5.39. The first-order valence-electron chi connectivity index (χ1n) is 9.17. The molecule has 1 nitrogen and oxygen atoms in total. The Hall–Kier alpha value is -2.67. The Labute approximate surface area is 148 Å². The summed E-state index contributed by atoms with van der Waals surface area (Å²) < 4.78 is 2.46. The van der Waals surface area contributed by atoms with Gasteiger partial charge < -0.3 is 0 Å². The van der Waals surface area contributed by atoms with Crippen molar-refractivity contribution >= 4 is 21.5 Å². The van der Waals surface area contributed by atoms with Crippen LogP contribution in [-0.2, 0) is 13.0 Å². The molecule has 0 unspecified atom stereocenters. The number of pyridine rings is 1. The van der Waals surface area contributed by atoms with Gasteiger partial charge >= 0.3 is 0 Å². The van der Waals surface area contributed by atoms with Gasteiger partial charge in [-0.25, -0.2) is 0 Å². The van der Waals surface area contributed by atoms with Crippen molar-refractivity contribution in [3.8, 4) is 11.3 Å². The van der Waals surface area contributed by atoms with Crippen LogP contribution in [0.25, 0.3) is 32.8 Å². The lowest BCUT2D eigenvalue weighted by Gasteiger charge is -2.12. The topological polar surface area (TPSA) is 3.88 Å². The molecule has 1 aromatic heterocycles. The minimum atomic E-state index is 1.09. The lowest BCUT2D eigenvalue weighted by molar-refractivity contribution is -0.684. The number of aromatic nitrogens is 1. The second-order valence-electron chi connectivity index (χ2n) is 7.32. The molecule has 3 aromatic carbocycles. The van der Waals surface area contributed by atoms with Crippen LogP contribution >= 0.6 is 0 Å². The Morgan fingerprint density at radius 2 is 1.72 bits per heavy atom. The van der Waals surface area contributed by atoms with E-state index in [9.17, 15) is 0 Å². The Kier molecular flexibility index (Phi) is 3.18. The molecule has 5 rings (SSSR count). The highest BCUT2D eigenvalue weighted by Gasteiger charge is 2.25. The van der Waals surface area contributed by atoms with Crippen LogP contribution in [0.2, 0.25) is 0 Å². The first-order chi connectivity index (χ1) is 12.2. The van der Waals surface area contributed by atoms with Crippen LogP contribution in [0.15, 0.2) is 60.8 Å². The second-order valence-corrected chi connectivity index (χ2v) is 7.32. The van der Waals surface area contributed by atoms with Crippen LogP contribution in [0.3, 0.4) is 0 Å². The zero-order valence-corrected chi connectivity index (χ0v) is 14.8. The maximum Gasteiger partial charge on any atom is 0.220 e. The van der Waals surface area contributed by atoms with Crippen molar-refractivity contribution in [2.24, 2.45) is 0 Å². The van der Waals surface area contributed by atoms with Crippen LogP contribution in [-0.4, -0.2) is 0 Å². The van der Waals surface area contributed by atoms with Gasteiger partial charge in [0.05, 0.1) is 10.9 Å². The summed E-state index contributed by atoms with van der Waals surface area (Å²) in [5.74, 6) is 0. The summed E-state index contributed by atoms with van der Waals surface area (Å²) in [6.07, 6.45) is 4.66. The molecule has 4 aromatic rings. The summed E-state index contributed by atoms with van der Waals surface area (Å²) >= 11 is 0. The highest BCUT2D eigenvalue weighted by atomic mass is 15.0. The minimum Gasteiger partial charge on any atom is -0.198 e. The Bertz CT molecular complexity index is 1140. The van der Waals surface area contributed by atoms with Crippen molar-refractivity contribution in [3.05, 3.63) is 77.5 Å². The van der Waals surface area contributed by atoms with E-state index in [-0.39, 0.29) is 0 Å². The van der Waals surface area contributed by atoms with Crippen molar-refractivity contribution in [2.45, 2.75) is 33.2 Å². The van der Waals surface area contributed by atoms with Crippen LogP contribution in [0.4, 0.5) is 0 Å². The second kappa shape index (κ2) is 5.42. The zero-order chi connectivity index (χ0) is 17.0. The molecule has 0 saturated heterocycles. The van der Waals surface area contributed by atoms with E-state index >= 15 is 0 Å². The van der Waals surface area contributed by atoms with E-state index in [1.54, 1.807) is 0 Å². The maximum atomic E-state index is 2.46. The summed E-state index contributed by atoms with van der Waals surface area (Å²) in [6.45, 7) is 5.57. The molecule has 2 heterocycles. The standard InChI is InChI=1S/C24H22N/c1-16-14-17(2)19-8-5-12-25-13-11-21-20-7-4-3-6-18(20)9-10-22(21)24(25)23(19)15-16/h3-4,6-7,9-11,13-15H,5,8,12H2,1-2H3/q+1. The fraction of sp³-hybridized carbons (Fsp3) is 0.208. The number of hydrogen-bond donors (Lipinski definition) is 0. The number of benzene rings is 3. The van der Waals surface area contributed by atoms with E-state index in [0.29, 0.717) is 0 Å². The van der Waals surface area contributed by atoms with E-state index in [4.69, 9.17) is 0 Å². The number of rotatable bonds is 0. The van der Waals surface area contributed by atoms with Gasteiger partial charge in [-0.2, -0.15) is 4.57 Å². The SMILES string of the molecule is Cc1cc(C)c2c(c1)-c1c3ccc4ccccc4c3cc[n+]1CCC2. The van der Waals surface area contributed by atoms with Crippen LogP contribution in [0.1, 0.15) is 23.1 Å². The van der Waals surface area contributed by atoms with Gasteiger partial charge in [-0.05, 0) is 54.3 Å². The van der Waals surface area contributed by atoms with Gasteiger partial charge in [-0.1, -0.05) is 42.0 Å². The van der Waals surface area contributed by atoms with E-state index < -0.39 is 0 Å². The smallest absolute Gasteiger partial charge is 0.198 e. The molecule has 122 valence electrons. The predicted octanol–water partition coefficient (Wildman–Crippen LogP) is 5.51. The van der Waals surface area contributed by atoms with Gasteiger partial charge in [0.25, 0.3) is 0 Å². The van der Waals surface area contributed by atoms with Gasteiger partial charge in [0.1, 0.15) is 6.54 Å². The van der Waals surface area contributed by atoms with Crippen LogP contribution in [0, 0.1) is 13.8 Å². The van der Waals surface area contributed by atoms with E-state index in [1.165, 1.54) is 55.9 Å². The molecule has 0 fully saturated rings. The van der Waals surface area contributed by atoms with E-state index in [1.807, 2.05) is 0 Å². The first kappa shape index (κ1) is 14.7. The molecule has 1 aliphatic heterocycles. The molecule has 0 bridgehead atoms. The molecule has 0 amide bonds. The van der Waals surface area contributed by atoms with Crippen molar-refractivity contribution in [1.29, 1.82) is 0 Å². The average Bonchev–Trinajstić information content (AvgIpc) is 2.81. The Balaban J connectivity index is 1.96. The summed E-state index contributed by atoms with van der Waals surface area (Å²) in [4.78, 5) is 0. The van der Waals surface area contributed by atoms with Gasteiger partial charge in [-0.15, -0.1) is 0 Å². The van der Waals surface area contributed by atoms with Crippen LogP contribution in [0.5, 0.6) is 0 Å². The lowest BCUT2D eigenvalue weighted by Crippen LogP contribution is -2.35. The predicted molar refractivity (Wildman–Crippen MR) is 105 cm³/mol. The summed E-state index contributed by atoms with van der Waals surface area (Å²) in [6, 6.07) is 20.3. The third kappa shape index (κ3) is 2.19. The minimum absolute atomic E-state index is 1.09. The normalized spacial score (nSPS) is 13.5. The molecule has 25 heavy (non-hydrogen) atoms. The molecule has 0 spiro atoms. The fourth-order valence-electron chi connectivity index (χ4n) is 4.53. The van der Waals surface area contributed by atoms with Crippen molar-refractivity contribution < 1.29 is 4.57 Å². The average molecular weight is 324 g/mol. The largest absolute Gasteiger partial charge is 0.220 e. The highest BCUT2D eigenvalue weighted by Crippen LogP contribution is 2.35. The van der Waals surface area contributed by atoms with E-state index in [2.05, 4.69) is 79.2 Å². The van der Waals surface area contributed by atoms with Gasteiger partial charge in [0.2, 0.25) is 5.69 Å². The number of hydrogen-bond acceptors (Lipinski definition) is 0. The third-order valence-corrected chi connectivity index (χ3v) is 5.63. The lowest BCUT2D eigenvalue weighted by atomic mass is 9.91. The molecule has 0 saturated carbocycles. The maximum absolute atomic E-state index is 2.46. The van der Waals surface area contributed by atoms with Gasteiger partial charge in [-0.3, -0.25) is 0 Å². The van der Waals surface area contributed by atoms with Gasteiger partial charge in [0, 0.05) is 17.9 Å². The summed E-state index contributed by atoms with van der Waals surface area (Å²) in [5.41, 5.74) is 7.12. The van der Waals surface area contributed by atoms with Gasteiger partial charge in [0.15, 0.2) is 6.20 Å². The molecule has 0 atom stereocenters. The van der Waals surface area contributed by atoms with Crippen molar-refractivity contribution in [1.82, 2.24) is 0 Å². The molecule has 1 aliphatic rings. The number of nitrogens with zero attached hydrogens (tertiary/aromatic N) is 1. The molecule has 0 aliphatic carbocycles. The molecular formula is C24H22N+. The molecule has 1 heteroatoms. The number of fused-ring (bicyclic) bond motifs is 7. The molecule has 0 radical (unpaired) electrons. The monoisotopic (exact) mass is 324 g/mol. The van der Waals surface area contributed by atoms with Crippen molar-refractivity contribution in [3.63, 3.8) is 0 Å². The van der Waals surface area contributed by atoms with Crippen LogP contribution < -0.4 is 4.57 Å². The highest BCUT2D eigenvalue weighted by molar-refractivity contribution is 6.10. The third-order valence-electron chi connectivity index (χ3n) is 5.63. The Morgan fingerprint density at radius 3 is 2.64 bits per heavy atom.